The fraction of sp³-hybridized carbons (Fsp3) is 0.375. The van der Waals surface area contributed by atoms with Gasteiger partial charge in [-0.1, -0.05) is 74.5 Å². The first-order valence-electron chi connectivity index (χ1n) is 10.7. The lowest BCUT2D eigenvalue weighted by Gasteiger charge is -2.13. The third-order valence-electron chi connectivity index (χ3n) is 4.81. The summed E-state index contributed by atoms with van der Waals surface area (Å²) < 4.78 is 7.97. The van der Waals surface area contributed by atoms with E-state index in [2.05, 4.69) is 48.4 Å². The number of carbonyl (C=O) groups excluding carboxylic acids is 1. The maximum absolute atomic E-state index is 12.3. The van der Waals surface area contributed by atoms with E-state index in [1.54, 1.807) is 0 Å². The second-order valence-corrected chi connectivity index (χ2v) is 9.20. The van der Waals surface area contributed by atoms with Crippen LogP contribution in [0.25, 0.3) is 0 Å². The van der Waals surface area contributed by atoms with Gasteiger partial charge in [-0.3, -0.25) is 4.79 Å². The number of benzene rings is 2. The van der Waals surface area contributed by atoms with E-state index < -0.39 is 0 Å². The topological polar surface area (TPSA) is 69.0 Å². The summed E-state index contributed by atoms with van der Waals surface area (Å²) in [5.41, 5.74) is 2.16. The quantitative estimate of drug-likeness (QED) is 0.391. The predicted octanol–water partition coefficient (Wildman–Crippen LogP) is 5.14. The van der Waals surface area contributed by atoms with Crippen molar-refractivity contribution >= 4 is 29.3 Å². The van der Waals surface area contributed by atoms with Gasteiger partial charge in [-0.15, -0.1) is 10.2 Å². The van der Waals surface area contributed by atoms with Gasteiger partial charge >= 0.3 is 0 Å². The van der Waals surface area contributed by atoms with Gasteiger partial charge in [0.2, 0.25) is 5.91 Å². The maximum atomic E-state index is 12.3. The van der Waals surface area contributed by atoms with Crippen LogP contribution in [0.4, 0.5) is 0 Å². The Bertz CT molecular complexity index is 1020. The Balaban J connectivity index is 1.58. The molecule has 6 nitrogen and oxygen atoms in total. The van der Waals surface area contributed by atoms with Gasteiger partial charge in [0.15, 0.2) is 11.0 Å². The van der Waals surface area contributed by atoms with Crippen molar-refractivity contribution in [2.75, 3.05) is 5.75 Å². The van der Waals surface area contributed by atoms with Gasteiger partial charge in [0, 0.05) is 18.1 Å². The maximum Gasteiger partial charge on any atom is 0.230 e. The Hall–Kier alpha value is -2.51. The summed E-state index contributed by atoms with van der Waals surface area (Å²) >= 11 is 7.52. The summed E-state index contributed by atoms with van der Waals surface area (Å²) in [6, 6.07) is 15.6. The molecule has 1 amide bonds. The van der Waals surface area contributed by atoms with E-state index in [1.165, 1.54) is 17.3 Å². The van der Waals surface area contributed by atoms with E-state index >= 15 is 0 Å². The first-order chi connectivity index (χ1) is 15.5. The minimum atomic E-state index is -0.0807. The third-order valence-corrected chi connectivity index (χ3v) is 6.14. The molecule has 0 saturated carbocycles. The summed E-state index contributed by atoms with van der Waals surface area (Å²) in [5.74, 6) is 2.12. The van der Waals surface area contributed by atoms with Crippen LogP contribution in [-0.4, -0.2) is 26.4 Å². The van der Waals surface area contributed by atoms with Gasteiger partial charge < -0.3 is 14.6 Å². The number of aryl methyl sites for hydroxylation is 1. The zero-order valence-corrected chi connectivity index (χ0v) is 20.2. The standard InChI is InChI=1S/C24H29ClN4O2S/c1-4-18-9-11-20(12-10-18)31-15-22-27-28-24(29(22)14-17(2)3)32-16-23(30)26-13-19-7-5-6-8-21(19)25/h5-12,17H,4,13-16H2,1-3H3,(H,26,30). The number of ether oxygens (including phenoxy) is 1. The van der Waals surface area contributed by atoms with Crippen LogP contribution in [0.2, 0.25) is 5.02 Å². The predicted molar refractivity (Wildman–Crippen MR) is 129 cm³/mol. The molecule has 0 bridgehead atoms. The molecule has 1 N–H and O–H groups in total. The number of nitrogens with zero attached hydrogens (tertiary/aromatic N) is 3. The number of thioether (sulfide) groups is 1. The van der Waals surface area contributed by atoms with Gasteiger partial charge in [0.1, 0.15) is 12.4 Å². The Kier molecular flexibility index (Phi) is 9.00. The SMILES string of the molecule is CCc1ccc(OCc2nnc(SCC(=O)NCc3ccccc3Cl)n2CC(C)C)cc1. The van der Waals surface area contributed by atoms with Crippen molar-refractivity contribution in [3.63, 3.8) is 0 Å². The lowest BCUT2D eigenvalue weighted by molar-refractivity contribution is -0.118. The molecule has 0 fully saturated rings. The second-order valence-electron chi connectivity index (χ2n) is 7.85. The molecule has 32 heavy (non-hydrogen) atoms. The van der Waals surface area contributed by atoms with Crippen LogP contribution in [-0.2, 0) is 30.9 Å². The highest BCUT2D eigenvalue weighted by Gasteiger charge is 2.16. The van der Waals surface area contributed by atoms with E-state index in [0.717, 1.165) is 30.1 Å². The van der Waals surface area contributed by atoms with Crippen molar-refractivity contribution in [3.8, 4) is 5.75 Å². The highest BCUT2D eigenvalue weighted by atomic mass is 35.5. The molecule has 0 saturated heterocycles. The Labute approximate surface area is 198 Å². The van der Waals surface area contributed by atoms with E-state index in [0.29, 0.717) is 29.2 Å². The first kappa shape index (κ1) is 24.1. The minimum Gasteiger partial charge on any atom is -0.486 e. The number of halogens is 1. The van der Waals surface area contributed by atoms with E-state index in [4.69, 9.17) is 16.3 Å². The van der Waals surface area contributed by atoms with Crippen molar-refractivity contribution in [1.82, 2.24) is 20.1 Å². The average Bonchev–Trinajstić information content (AvgIpc) is 3.16. The van der Waals surface area contributed by atoms with Gasteiger partial charge in [-0.2, -0.15) is 0 Å². The van der Waals surface area contributed by atoms with Crippen molar-refractivity contribution in [2.24, 2.45) is 5.92 Å². The second kappa shape index (κ2) is 11.9. The monoisotopic (exact) mass is 472 g/mol. The molecule has 0 atom stereocenters. The molecule has 0 aliphatic heterocycles. The van der Waals surface area contributed by atoms with Crippen molar-refractivity contribution < 1.29 is 9.53 Å². The zero-order valence-electron chi connectivity index (χ0n) is 18.7. The third kappa shape index (κ3) is 7.00. The van der Waals surface area contributed by atoms with Crippen molar-refractivity contribution in [3.05, 3.63) is 70.5 Å². The molecule has 0 radical (unpaired) electrons. The number of hydrogen-bond acceptors (Lipinski definition) is 5. The average molecular weight is 473 g/mol. The summed E-state index contributed by atoms with van der Waals surface area (Å²) in [7, 11) is 0. The lowest BCUT2D eigenvalue weighted by atomic mass is 10.2. The molecule has 3 aromatic rings. The highest BCUT2D eigenvalue weighted by Crippen LogP contribution is 2.21. The van der Waals surface area contributed by atoms with Gasteiger partial charge in [-0.05, 0) is 41.7 Å². The van der Waals surface area contributed by atoms with E-state index in [9.17, 15) is 4.79 Å². The molecule has 2 aromatic carbocycles. The first-order valence-corrected chi connectivity index (χ1v) is 12.1. The van der Waals surface area contributed by atoms with E-state index in [1.807, 2.05) is 41.0 Å². The molecular formula is C24H29ClN4O2S. The normalized spacial score (nSPS) is 11.0. The van der Waals surface area contributed by atoms with Crippen LogP contribution >= 0.6 is 23.4 Å². The molecule has 0 aliphatic carbocycles. The van der Waals surface area contributed by atoms with Crippen LogP contribution in [0, 0.1) is 5.92 Å². The van der Waals surface area contributed by atoms with Crippen LogP contribution in [0.1, 0.15) is 37.7 Å². The number of amides is 1. The van der Waals surface area contributed by atoms with Crippen LogP contribution in [0.5, 0.6) is 5.75 Å². The number of rotatable bonds is 11. The lowest BCUT2D eigenvalue weighted by Crippen LogP contribution is -2.25. The Morgan fingerprint density at radius 3 is 2.59 bits per heavy atom. The summed E-state index contributed by atoms with van der Waals surface area (Å²) in [5, 5.41) is 12.9. The fourth-order valence-corrected chi connectivity index (χ4v) is 4.07. The van der Waals surface area contributed by atoms with Gasteiger partial charge in [-0.25, -0.2) is 0 Å². The molecule has 0 spiro atoms. The Morgan fingerprint density at radius 1 is 1.16 bits per heavy atom. The van der Waals surface area contributed by atoms with E-state index in [-0.39, 0.29) is 11.7 Å². The molecule has 170 valence electrons. The van der Waals surface area contributed by atoms with Crippen LogP contribution < -0.4 is 10.1 Å². The molecule has 1 heterocycles. The molecule has 0 aliphatic rings. The molecular weight excluding hydrogens is 444 g/mol. The van der Waals surface area contributed by atoms with Gasteiger partial charge in [0.25, 0.3) is 0 Å². The highest BCUT2D eigenvalue weighted by molar-refractivity contribution is 7.99. The van der Waals surface area contributed by atoms with Gasteiger partial charge in [0.05, 0.1) is 5.75 Å². The number of nitrogens with one attached hydrogen (secondary N) is 1. The minimum absolute atomic E-state index is 0.0807. The number of aromatic nitrogens is 3. The van der Waals surface area contributed by atoms with Crippen LogP contribution in [0.15, 0.2) is 53.7 Å². The largest absolute Gasteiger partial charge is 0.486 e. The fourth-order valence-electron chi connectivity index (χ4n) is 3.07. The smallest absolute Gasteiger partial charge is 0.230 e. The van der Waals surface area contributed by atoms with Crippen LogP contribution in [0.3, 0.4) is 0 Å². The molecule has 0 unspecified atom stereocenters. The summed E-state index contributed by atoms with van der Waals surface area (Å²) in [6.07, 6.45) is 0.996. The zero-order chi connectivity index (χ0) is 22.9. The van der Waals surface area contributed by atoms with Crippen molar-refractivity contribution in [1.29, 1.82) is 0 Å². The molecule has 3 rings (SSSR count). The van der Waals surface area contributed by atoms with Crippen molar-refractivity contribution in [2.45, 2.75) is 52.0 Å². The molecule has 1 aromatic heterocycles. The number of carbonyl (C=O) groups is 1. The molecule has 8 heteroatoms. The summed E-state index contributed by atoms with van der Waals surface area (Å²) in [6.45, 7) is 7.88. The summed E-state index contributed by atoms with van der Waals surface area (Å²) in [4.78, 5) is 12.3. The Morgan fingerprint density at radius 2 is 1.91 bits per heavy atom. The number of hydrogen-bond donors (Lipinski definition) is 1.